The van der Waals surface area contributed by atoms with E-state index in [0.29, 0.717) is 33.3 Å². The normalized spacial score (nSPS) is 11.7. The molecular weight excluding hydrogens is 699 g/mol. The van der Waals surface area contributed by atoms with Gasteiger partial charge >= 0.3 is 0 Å². The summed E-state index contributed by atoms with van der Waals surface area (Å²) >= 11 is 1.52. The third-order valence-electron chi connectivity index (χ3n) is 10.1. The molecule has 0 atom stereocenters. The van der Waals surface area contributed by atoms with Crippen molar-refractivity contribution >= 4 is 59.4 Å². The molecule has 7 nitrogen and oxygen atoms in total. The van der Waals surface area contributed by atoms with E-state index in [9.17, 15) is 4.79 Å². The molecule has 11 rings (SSSR count). The Morgan fingerprint density at radius 2 is 1.11 bits per heavy atom. The van der Waals surface area contributed by atoms with Crippen LogP contribution >= 0.6 is 11.3 Å². The van der Waals surface area contributed by atoms with Crippen LogP contribution in [0, 0.1) is 0 Å². The number of benzene rings is 7. The molecule has 0 aliphatic rings. The predicted molar refractivity (Wildman–Crippen MR) is 222 cm³/mol. The molecular formula is C47H27N5O2S. The van der Waals surface area contributed by atoms with Gasteiger partial charge in [0, 0.05) is 27.5 Å². The molecule has 8 heteroatoms. The van der Waals surface area contributed by atoms with Crippen LogP contribution in [-0.4, -0.2) is 24.3 Å². The van der Waals surface area contributed by atoms with Crippen LogP contribution in [0.25, 0.3) is 104 Å². The highest BCUT2D eigenvalue weighted by Crippen LogP contribution is 2.40. The van der Waals surface area contributed by atoms with Crippen LogP contribution in [0.2, 0.25) is 0 Å². The molecule has 0 amide bonds. The van der Waals surface area contributed by atoms with Gasteiger partial charge in [0.1, 0.15) is 11.2 Å². The van der Waals surface area contributed by atoms with Crippen LogP contribution in [0.15, 0.2) is 173 Å². The van der Waals surface area contributed by atoms with E-state index in [2.05, 4.69) is 42.5 Å². The molecule has 4 heterocycles. The second-order valence-corrected chi connectivity index (χ2v) is 14.5. The minimum Gasteiger partial charge on any atom is -0.456 e. The van der Waals surface area contributed by atoms with Crippen molar-refractivity contribution in [3.63, 3.8) is 0 Å². The Balaban J connectivity index is 1.03. The Bertz CT molecular complexity index is 3290. The molecule has 4 aromatic heterocycles. The summed E-state index contributed by atoms with van der Waals surface area (Å²) in [6.07, 6.45) is 0. The molecule has 55 heavy (non-hydrogen) atoms. The first-order valence-electron chi connectivity index (χ1n) is 17.9. The maximum atomic E-state index is 13.5. The van der Waals surface area contributed by atoms with Crippen molar-refractivity contribution in [2.24, 2.45) is 0 Å². The lowest BCUT2D eigenvalue weighted by Gasteiger charge is -2.10. The van der Waals surface area contributed by atoms with Crippen LogP contribution in [0.5, 0.6) is 0 Å². The van der Waals surface area contributed by atoms with E-state index in [0.717, 1.165) is 71.1 Å². The van der Waals surface area contributed by atoms with Crippen molar-refractivity contribution in [2.75, 3.05) is 0 Å². The lowest BCUT2D eigenvalue weighted by atomic mass is 9.97. The van der Waals surface area contributed by atoms with Gasteiger partial charge in [0.25, 0.3) is 5.56 Å². The van der Waals surface area contributed by atoms with Gasteiger partial charge in [-0.25, -0.2) is 19.9 Å². The highest BCUT2D eigenvalue weighted by Gasteiger charge is 2.18. The maximum absolute atomic E-state index is 13.5. The minimum absolute atomic E-state index is 0.0529. The van der Waals surface area contributed by atoms with Crippen LogP contribution in [0.1, 0.15) is 0 Å². The van der Waals surface area contributed by atoms with E-state index in [1.165, 1.54) is 11.3 Å². The number of furan rings is 1. The number of para-hydroxylation sites is 1. The average Bonchev–Trinajstić information content (AvgIpc) is 3.82. The summed E-state index contributed by atoms with van der Waals surface area (Å²) in [4.78, 5) is 33.8. The fourth-order valence-electron chi connectivity index (χ4n) is 7.46. The molecule has 0 saturated heterocycles. The van der Waals surface area contributed by atoms with Gasteiger partial charge in [-0.05, 0) is 70.8 Å². The monoisotopic (exact) mass is 725 g/mol. The molecule has 0 aliphatic heterocycles. The Hall–Kier alpha value is -7.29. The van der Waals surface area contributed by atoms with E-state index < -0.39 is 0 Å². The van der Waals surface area contributed by atoms with E-state index >= 15 is 0 Å². The molecule has 258 valence electrons. The number of fused-ring (bicyclic) bond motifs is 7. The summed E-state index contributed by atoms with van der Waals surface area (Å²) < 4.78 is 9.14. The fourth-order valence-corrected chi connectivity index (χ4v) is 8.53. The largest absolute Gasteiger partial charge is 0.456 e. The second kappa shape index (κ2) is 12.4. The number of rotatable bonds is 5. The molecule has 0 unspecified atom stereocenters. The van der Waals surface area contributed by atoms with Crippen LogP contribution in [-0.2, 0) is 0 Å². The Labute approximate surface area is 317 Å². The Kier molecular flexibility index (Phi) is 7.05. The van der Waals surface area contributed by atoms with Crippen molar-refractivity contribution in [3.8, 4) is 56.4 Å². The highest BCUT2D eigenvalue weighted by molar-refractivity contribution is 7.23. The van der Waals surface area contributed by atoms with Gasteiger partial charge in [-0.2, -0.15) is 0 Å². The maximum Gasteiger partial charge on any atom is 0.266 e. The van der Waals surface area contributed by atoms with Gasteiger partial charge in [0.15, 0.2) is 22.4 Å². The SMILES string of the molecule is O=c1c2ccccc2nc2sc3cc(-c4cccc5oc6ccc(-c7cccc(-c8nc(-c9ccccc9)nc(-c9ccccc9)n8)c7)cc6c45)ccc3n12. The third kappa shape index (κ3) is 5.22. The topological polar surface area (TPSA) is 86.2 Å². The van der Waals surface area contributed by atoms with Crippen LogP contribution < -0.4 is 5.56 Å². The molecule has 11 aromatic rings. The molecule has 0 N–H and O–H groups in total. The lowest BCUT2D eigenvalue weighted by Crippen LogP contribution is -2.13. The minimum atomic E-state index is -0.0529. The smallest absolute Gasteiger partial charge is 0.266 e. The van der Waals surface area contributed by atoms with Gasteiger partial charge in [-0.1, -0.05) is 127 Å². The number of nitrogens with zero attached hydrogens (tertiary/aromatic N) is 5. The third-order valence-corrected chi connectivity index (χ3v) is 11.1. The number of hydrogen-bond donors (Lipinski definition) is 0. The van der Waals surface area contributed by atoms with Crippen molar-refractivity contribution in [1.82, 2.24) is 24.3 Å². The molecule has 0 saturated carbocycles. The number of thiazole rings is 1. The molecule has 7 aromatic carbocycles. The predicted octanol–water partition coefficient (Wildman–Crippen LogP) is 11.5. The molecule has 0 aliphatic carbocycles. The van der Waals surface area contributed by atoms with E-state index in [4.69, 9.17) is 24.4 Å². The standard InChI is InChI=1S/C47H27N5O2S/c53-46-35-17-7-8-19-37(35)48-47-52(46)38-23-21-32(27-41(38)55-47)34-18-10-20-40-42(34)36-26-31(22-24-39(36)54-40)30-15-9-16-33(25-30)45-50-43(28-11-3-1-4-12-28)49-44(51-45)29-13-5-2-6-14-29/h1-27H. The van der Waals surface area contributed by atoms with Gasteiger partial charge < -0.3 is 4.42 Å². The lowest BCUT2D eigenvalue weighted by molar-refractivity contribution is 0.669. The fraction of sp³-hybridized carbons (Fsp3) is 0. The van der Waals surface area contributed by atoms with Gasteiger partial charge in [-0.3, -0.25) is 9.20 Å². The summed E-state index contributed by atoms with van der Waals surface area (Å²) in [5.74, 6) is 1.85. The quantitative estimate of drug-likeness (QED) is 0.176. The zero-order valence-electron chi connectivity index (χ0n) is 29.0. The Morgan fingerprint density at radius 1 is 0.473 bits per heavy atom. The molecule has 0 radical (unpaired) electrons. The first-order valence-corrected chi connectivity index (χ1v) is 18.7. The number of hydrogen-bond acceptors (Lipinski definition) is 7. The highest BCUT2D eigenvalue weighted by atomic mass is 32.1. The first kappa shape index (κ1) is 31.3. The van der Waals surface area contributed by atoms with E-state index in [1.807, 2.05) is 121 Å². The summed E-state index contributed by atoms with van der Waals surface area (Å²) in [7, 11) is 0. The van der Waals surface area contributed by atoms with Crippen LogP contribution in [0.4, 0.5) is 0 Å². The Morgan fingerprint density at radius 3 is 1.89 bits per heavy atom. The molecule has 0 fully saturated rings. The van der Waals surface area contributed by atoms with Crippen molar-refractivity contribution in [2.45, 2.75) is 0 Å². The van der Waals surface area contributed by atoms with Gasteiger partial charge in [-0.15, -0.1) is 0 Å². The first-order chi connectivity index (χ1) is 27.1. The summed E-state index contributed by atoms with van der Waals surface area (Å²) in [5, 5.41) is 2.67. The van der Waals surface area contributed by atoms with Crippen molar-refractivity contribution in [3.05, 3.63) is 174 Å². The summed E-state index contributed by atoms with van der Waals surface area (Å²) in [6.45, 7) is 0. The van der Waals surface area contributed by atoms with Gasteiger partial charge in [0.2, 0.25) is 0 Å². The average molecular weight is 726 g/mol. The number of aromatic nitrogens is 5. The summed E-state index contributed by atoms with van der Waals surface area (Å²) in [6, 6.07) is 54.6. The van der Waals surface area contributed by atoms with Crippen LogP contribution in [0.3, 0.4) is 0 Å². The zero-order valence-corrected chi connectivity index (χ0v) is 29.9. The molecule has 0 bridgehead atoms. The molecule has 0 spiro atoms. The van der Waals surface area contributed by atoms with Crippen molar-refractivity contribution in [1.29, 1.82) is 0 Å². The van der Waals surface area contributed by atoms with Crippen molar-refractivity contribution < 1.29 is 4.42 Å². The zero-order chi connectivity index (χ0) is 36.5. The van der Waals surface area contributed by atoms with E-state index in [1.54, 1.807) is 4.40 Å². The van der Waals surface area contributed by atoms with Gasteiger partial charge in [0.05, 0.1) is 21.1 Å². The summed E-state index contributed by atoms with van der Waals surface area (Å²) in [5.41, 5.74) is 10.0. The second-order valence-electron chi connectivity index (χ2n) is 13.4. The van der Waals surface area contributed by atoms with E-state index in [-0.39, 0.29) is 5.56 Å².